The molecule has 0 heterocycles. The Balaban J connectivity index is 2.77. The molecule has 0 spiro atoms. The van der Waals surface area contributed by atoms with Gasteiger partial charge in [-0.25, -0.2) is 0 Å². The molecule has 3 nitrogen and oxygen atoms in total. The maximum atomic E-state index is 11.9. The Labute approximate surface area is 99.8 Å². The van der Waals surface area contributed by atoms with Crippen LogP contribution in [0.2, 0.25) is 0 Å². The van der Waals surface area contributed by atoms with Gasteiger partial charge in [-0.05, 0) is 25.3 Å². The van der Waals surface area contributed by atoms with Crippen LogP contribution < -0.4 is 5.32 Å². The van der Waals surface area contributed by atoms with Gasteiger partial charge >= 0.3 is 0 Å². The molecule has 16 heavy (non-hydrogen) atoms. The van der Waals surface area contributed by atoms with Gasteiger partial charge in [0.15, 0.2) is 0 Å². The van der Waals surface area contributed by atoms with E-state index in [4.69, 9.17) is 5.26 Å². The van der Waals surface area contributed by atoms with E-state index in [9.17, 15) is 4.79 Å². The smallest absolute Gasteiger partial charge is 0.252 e. The van der Waals surface area contributed by atoms with Crippen molar-refractivity contribution >= 4 is 17.7 Å². The lowest BCUT2D eigenvalue weighted by molar-refractivity contribution is 0.0938. The fraction of sp³-hybridized carbons (Fsp3) is 0.333. The normalized spacial score (nSPS) is 11.6. The minimum atomic E-state index is -0.118. The van der Waals surface area contributed by atoms with Crippen molar-refractivity contribution in [3.63, 3.8) is 0 Å². The Morgan fingerprint density at radius 3 is 2.88 bits per heavy atom. The summed E-state index contributed by atoms with van der Waals surface area (Å²) in [5.41, 5.74) is 0.666. The average molecular weight is 234 g/mol. The molecule has 1 rings (SSSR count). The van der Waals surface area contributed by atoms with Gasteiger partial charge in [0.05, 0.1) is 18.1 Å². The fourth-order valence-electron chi connectivity index (χ4n) is 1.32. The molecule has 0 saturated carbocycles. The summed E-state index contributed by atoms with van der Waals surface area (Å²) < 4.78 is 0. The predicted molar refractivity (Wildman–Crippen MR) is 65.4 cm³/mol. The monoisotopic (exact) mass is 234 g/mol. The largest absolute Gasteiger partial charge is 0.349 e. The van der Waals surface area contributed by atoms with Gasteiger partial charge in [-0.2, -0.15) is 5.26 Å². The van der Waals surface area contributed by atoms with Crippen molar-refractivity contribution in [3.8, 4) is 6.07 Å². The van der Waals surface area contributed by atoms with Gasteiger partial charge in [0, 0.05) is 10.9 Å². The summed E-state index contributed by atoms with van der Waals surface area (Å²) in [4.78, 5) is 12.8. The van der Waals surface area contributed by atoms with Crippen molar-refractivity contribution in [2.24, 2.45) is 0 Å². The van der Waals surface area contributed by atoms with Crippen molar-refractivity contribution in [1.82, 2.24) is 5.32 Å². The molecule has 0 aromatic heterocycles. The minimum Gasteiger partial charge on any atom is -0.349 e. The van der Waals surface area contributed by atoms with Crippen molar-refractivity contribution in [1.29, 1.82) is 5.26 Å². The van der Waals surface area contributed by atoms with Gasteiger partial charge in [-0.1, -0.05) is 12.1 Å². The molecule has 1 amide bonds. The zero-order chi connectivity index (χ0) is 12.0. The summed E-state index contributed by atoms with van der Waals surface area (Å²) in [6.45, 7) is 1.82. The number of rotatable bonds is 4. The number of benzene rings is 1. The molecule has 1 N–H and O–H groups in total. The first-order valence-corrected chi connectivity index (χ1v) is 6.22. The predicted octanol–water partition coefficient (Wildman–Crippen LogP) is 2.44. The second kappa shape index (κ2) is 6.19. The number of hydrogen-bond acceptors (Lipinski definition) is 3. The molecule has 0 saturated heterocycles. The van der Waals surface area contributed by atoms with E-state index < -0.39 is 0 Å². The van der Waals surface area contributed by atoms with E-state index >= 15 is 0 Å². The quantitative estimate of drug-likeness (QED) is 0.814. The highest BCUT2D eigenvalue weighted by Gasteiger charge is 2.12. The Morgan fingerprint density at radius 2 is 2.25 bits per heavy atom. The van der Waals surface area contributed by atoms with E-state index in [0.29, 0.717) is 12.0 Å². The van der Waals surface area contributed by atoms with E-state index in [-0.39, 0.29) is 11.9 Å². The number of nitrogens with zero attached hydrogens (tertiary/aromatic N) is 1. The Hall–Kier alpha value is -1.47. The molecule has 0 aliphatic rings. The van der Waals surface area contributed by atoms with E-state index in [1.807, 2.05) is 37.4 Å². The van der Waals surface area contributed by atoms with Gasteiger partial charge in [0.2, 0.25) is 0 Å². The van der Waals surface area contributed by atoms with E-state index in [1.54, 1.807) is 6.07 Å². The topological polar surface area (TPSA) is 52.9 Å². The van der Waals surface area contributed by atoms with Crippen LogP contribution in [0.25, 0.3) is 0 Å². The molecule has 1 atom stereocenters. The molecule has 1 aromatic rings. The third-order valence-electron chi connectivity index (χ3n) is 2.13. The minimum absolute atomic E-state index is 0.118. The van der Waals surface area contributed by atoms with Gasteiger partial charge in [-0.15, -0.1) is 11.8 Å². The van der Waals surface area contributed by atoms with Gasteiger partial charge in [0.1, 0.15) is 0 Å². The lowest BCUT2D eigenvalue weighted by atomic mass is 10.2. The summed E-state index contributed by atoms with van der Waals surface area (Å²) in [7, 11) is 0. The fourth-order valence-corrected chi connectivity index (χ4v) is 1.92. The van der Waals surface area contributed by atoms with Crippen LogP contribution in [0.3, 0.4) is 0 Å². The standard InChI is InChI=1S/C12H14N2OS/c1-9(7-8-13)14-12(15)10-5-3-4-6-11(10)16-2/h3-6,9H,7H2,1-2H3,(H,14,15). The van der Waals surface area contributed by atoms with Crippen molar-refractivity contribution in [3.05, 3.63) is 29.8 Å². The molecular weight excluding hydrogens is 220 g/mol. The van der Waals surface area contributed by atoms with Crippen LogP contribution in [0.15, 0.2) is 29.2 Å². The van der Waals surface area contributed by atoms with Crippen molar-refractivity contribution in [2.45, 2.75) is 24.3 Å². The molecule has 4 heteroatoms. The second-order valence-electron chi connectivity index (χ2n) is 3.44. The number of carbonyl (C=O) groups excluding carboxylic acids is 1. The molecule has 0 bridgehead atoms. The number of hydrogen-bond donors (Lipinski definition) is 1. The third kappa shape index (κ3) is 3.28. The number of amides is 1. The van der Waals surface area contributed by atoms with Gasteiger partial charge < -0.3 is 5.32 Å². The van der Waals surface area contributed by atoms with Gasteiger partial charge in [-0.3, -0.25) is 4.79 Å². The highest BCUT2D eigenvalue weighted by atomic mass is 32.2. The van der Waals surface area contributed by atoms with Crippen LogP contribution in [-0.2, 0) is 0 Å². The molecule has 1 aromatic carbocycles. The number of nitriles is 1. The average Bonchev–Trinajstić information content (AvgIpc) is 2.29. The lowest BCUT2D eigenvalue weighted by Gasteiger charge is -2.12. The van der Waals surface area contributed by atoms with Crippen LogP contribution in [0, 0.1) is 11.3 Å². The molecule has 0 aliphatic carbocycles. The summed E-state index contributed by atoms with van der Waals surface area (Å²) in [6, 6.07) is 9.36. The molecule has 0 radical (unpaired) electrons. The third-order valence-corrected chi connectivity index (χ3v) is 2.92. The Bertz CT molecular complexity index is 412. The maximum Gasteiger partial charge on any atom is 0.252 e. The van der Waals surface area contributed by atoms with Crippen LogP contribution in [-0.4, -0.2) is 18.2 Å². The molecule has 84 valence electrons. The molecule has 1 unspecified atom stereocenters. The molecule has 0 aliphatic heterocycles. The van der Waals surface area contributed by atoms with Crippen LogP contribution >= 0.6 is 11.8 Å². The SMILES string of the molecule is CSc1ccccc1C(=O)NC(C)CC#N. The maximum absolute atomic E-state index is 11.9. The van der Waals surface area contributed by atoms with E-state index in [0.717, 1.165) is 4.90 Å². The number of carbonyl (C=O) groups is 1. The number of nitrogens with one attached hydrogen (secondary N) is 1. The first-order chi connectivity index (χ1) is 7.69. The highest BCUT2D eigenvalue weighted by Crippen LogP contribution is 2.19. The van der Waals surface area contributed by atoms with Crippen molar-refractivity contribution < 1.29 is 4.79 Å². The lowest BCUT2D eigenvalue weighted by Crippen LogP contribution is -2.32. The highest BCUT2D eigenvalue weighted by molar-refractivity contribution is 7.98. The van der Waals surface area contributed by atoms with Gasteiger partial charge in [0.25, 0.3) is 5.91 Å². The van der Waals surface area contributed by atoms with Crippen LogP contribution in [0.1, 0.15) is 23.7 Å². The van der Waals surface area contributed by atoms with Crippen molar-refractivity contribution in [2.75, 3.05) is 6.26 Å². The summed E-state index contributed by atoms with van der Waals surface area (Å²) in [6.07, 6.45) is 2.26. The summed E-state index contributed by atoms with van der Waals surface area (Å²) in [5, 5.41) is 11.3. The summed E-state index contributed by atoms with van der Waals surface area (Å²) in [5.74, 6) is -0.118. The summed E-state index contributed by atoms with van der Waals surface area (Å²) >= 11 is 1.54. The van der Waals surface area contributed by atoms with Crippen LogP contribution in [0.5, 0.6) is 0 Å². The van der Waals surface area contributed by atoms with E-state index in [1.165, 1.54) is 11.8 Å². The van der Waals surface area contributed by atoms with Crippen LogP contribution in [0.4, 0.5) is 0 Å². The Kier molecular flexibility index (Phi) is 4.87. The second-order valence-corrected chi connectivity index (χ2v) is 4.29. The molecule has 0 fully saturated rings. The first-order valence-electron chi connectivity index (χ1n) is 5.00. The Morgan fingerprint density at radius 1 is 1.56 bits per heavy atom. The molecular formula is C12H14N2OS. The zero-order valence-corrected chi connectivity index (χ0v) is 10.2. The number of thioether (sulfide) groups is 1. The van der Waals surface area contributed by atoms with E-state index in [2.05, 4.69) is 5.32 Å². The zero-order valence-electron chi connectivity index (χ0n) is 9.36. The first kappa shape index (κ1) is 12.6.